The molecule has 2 aliphatic heterocycles. The average Bonchev–Trinajstić information content (AvgIpc) is 3.66. The number of rotatable bonds is 7. The fraction of sp³-hybridized carbons (Fsp3) is 0.364. The van der Waals surface area contributed by atoms with E-state index in [1.165, 1.54) is 31.5 Å². The molecule has 244 valence electrons. The van der Waals surface area contributed by atoms with Gasteiger partial charge in [0.2, 0.25) is 11.7 Å². The van der Waals surface area contributed by atoms with Crippen molar-refractivity contribution in [3.8, 4) is 23.1 Å². The summed E-state index contributed by atoms with van der Waals surface area (Å²) in [5.74, 6) is -2.52. The number of hydrogen-bond donors (Lipinski definition) is 3. The van der Waals surface area contributed by atoms with Crippen LogP contribution in [0.25, 0.3) is 16.9 Å². The molecule has 2 amide bonds. The van der Waals surface area contributed by atoms with E-state index >= 15 is 4.39 Å². The van der Waals surface area contributed by atoms with Gasteiger partial charge in [0.15, 0.2) is 29.1 Å². The molecule has 2 aromatic heterocycles. The number of carbonyl (C=O) groups excluding carboxylic acids is 2. The summed E-state index contributed by atoms with van der Waals surface area (Å²) in [5.41, 5.74) is 1.61. The minimum Gasteiger partial charge on any atom is -0.473 e. The van der Waals surface area contributed by atoms with Gasteiger partial charge in [0.05, 0.1) is 23.5 Å². The van der Waals surface area contributed by atoms with E-state index in [1.54, 1.807) is 39.5 Å². The van der Waals surface area contributed by atoms with E-state index in [0.717, 1.165) is 5.56 Å². The minimum atomic E-state index is -1.20. The van der Waals surface area contributed by atoms with Crippen LogP contribution in [0.3, 0.4) is 0 Å². The summed E-state index contributed by atoms with van der Waals surface area (Å²) < 4.78 is 36.6. The third-order valence-corrected chi connectivity index (χ3v) is 8.51. The lowest BCUT2D eigenvalue weighted by atomic mass is 10.0. The van der Waals surface area contributed by atoms with Gasteiger partial charge in [-0.3, -0.25) is 14.0 Å². The summed E-state index contributed by atoms with van der Waals surface area (Å²) in [6.07, 6.45) is 3.90. The van der Waals surface area contributed by atoms with E-state index in [-0.39, 0.29) is 28.8 Å². The van der Waals surface area contributed by atoms with Crippen molar-refractivity contribution in [3.05, 3.63) is 71.7 Å². The number of ether oxygens (including phenoxy) is 1. The molecule has 0 bridgehead atoms. The number of hydrogen-bond acceptors (Lipinski definition) is 9. The standard InChI is InChI=1S/C33H34F2N8O4/c1-19-14-21(4-5-22(19)31(44)41-10-12-42(13-11-41)32(45)24-15-33(3,46)18-39-24)40-29-30-38-17-25(43(30)9-8-37-29)23-6-7-26(28(35)27(23)34)47-20(2)16-36/h4-9,14,17,20,24,39,46H,10-13,15,18H2,1-3H3,(H,37,40)/t20?,24-,33-/m0/s1. The molecule has 3 N–H and O–H groups in total. The zero-order valence-electron chi connectivity index (χ0n) is 26.1. The Kier molecular flexibility index (Phi) is 8.52. The molecule has 47 heavy (non-hydrogen) atoms. The van der Waals surface area contributed by atoms with Gasteiger partial charge in [0.1, 0.15) is 6.07 Å². The van der Waals surface area contributed by atoms with Crippen LogP contribution >= 0.6 is 0 Å². The minimum absolute atomic E-state index is 0.0450. The van der Waals surface area contributed by atoms with Gasteiger partial charge < -0.3 is 30.3 Å². The van der Waals surface area contributed by atoms with Crippen molar-refractivity contribution in [2.24, 2.45) is 0 Å². The van der Waals surface area contributed by atoms with Gasteiger partial charge in [-0.2, -0.15) is 9.65 Å². The third kappa shape index (κ3) is 6.32. The third-order valence-electron chi connectivity index (χ3n) is 8.51. The van der Waals surface area contributed by atoms with Crippen LogP contribution in [0.1, 0.15) is 36.2 Å². The molecule has 12 nitrogen and oxygen atoms in total. The van der Waals surface area contributed by atoms with Crippen molar-refractivity contribution in [2.45, 2.75) is 44.9 Å². The maximum atomic E-state index is 15.1. The second kappa shape index (κ2) is 12.6. The van der Waals surface area contributed by atoms with Gasteiger partial charge in [-0.15, -0.1) is 0 Å². The first-order chi connectivity index (χ1) is 22.5. The van der Waals surface area contributed by atoms with Crippen molar-refractivity contribution in [2.75, 3.05) is 38.0 Å². The Morgan fingerprint density at radius 1 is 1.15 bits per heavy atom. The molecule has 2 fully saturated rings. The highest BCUT2D eigenvalue weighted by atomic mass is 19.2. The number of amides is 2. The van der Waals surface area contributed by atoms with Crippen LogP contribution in [0.2, 0.25) is 0 Å². The quantitative estimate of drug-likeness (QED) is 0.275. The summed E-state index contributed by atoms with van der Waals surface area (Å²) in [7, 11) is 0. The number of nitriles is 1. The van der Waals surface area contributed by atoms with E-state index in [9.17, 15) is 19.1 Å². The molecule has 0 saturated carbocycles. The number of piperazine rings is 1. The lowest BCUT2D eigenvalue weighted by Crippen LogP contribution is -2.54. The van der Waals surface area contributed by atoms with E-state index in [1.807, 2.05) is 19.1 Å². The maximum absolute atomic E-state index is 15.1. The maximum Gasteiger partial charge on any atom is 0.254 e. The van der Waals surface area contributed by atoms with Gasteiger partial charge in [0.25, 0.3) is 5.91 Å². The normalized spacial score (nSPS) is 20.2. The van der Waals surface area contributed by atoms with Crippen LogP contribution in [-0.4, -0.2) is 91.6 Å². The number of aromatic nitrogens is 3. The highest BCUT2D eigenvalue weighted by Gasteiger charge is 2.39. The Morgan fingerprint density at radius 2 is 1.89 bits per heavy atom. The highest BCUT2D eigenvalue weighted by molar-refractivity contribution is 5.96. The Labute approximate surface area is 269 Å². The van der Waals surface area contributed by atoms with Crippen molar-refractivity contribution < 1.29 is 28.2 Å². The van der Waals surface area contributed by atoms with E-state index < -0.39 is 29.4 Å². The SMILES string of the molecule is Cc1cc(Nc2nccn3c(-c4ccc(OC(C)C#N)c(F)c4F)cnc23)ccc1C(=O)N1CCN(C(=O)[C@@H]2C[C@](C)(O)CN2)CC1. The molecule has 0 spiro atoms. The number of nitrogens with zero attached hydrogens (tertiary/aromatic N) is 6. The molecule has 1 unspecified atom stereocenters. The predicted octanol–water partition coefficient (Wildman–Crippen LogP) is 3.41. The van der Waals surface area contributed by atoms with Crippen molar-refractivity contribution in [3.63, 3.8) is 0 Å². The van der Waals surface area contributed by atoms with Gasteiger partial charge in [-0.1, -0.05) is 0 Å². The number of aryl methyl sites for hydroxylation is 1. The van der Waals surface area contributed by atoms with Crippen LogP contribution in [0, 0.1) is 29.9 Å². The predicted molar refractivity (Wildman–Crippen MR) is 168 cm³/mol. The molecule has 14 heteroatoms. The van der Waals surface area contributed by atoms with E-state index in [2.05, 4.69) is 20.6 Å². The number of β-amino-alcohol motifs (C(OH)–C–C–N with tert-alkyl or cyclic N) is 1. The largest absolute Gasteiger partial charge is 0.473 e. The first-order valence-corrected chi connectivity index (χ1v) is 15.2. The monoisotopic (exact) mass is 644 g/mol. The number of nitrogens with one attached hydrogen (secondary N) is 2. The van der Waals surface area contributed by atoms with Crippen LogP contribution in [0.15, 0.2) is 48.9 Å². The molecule has 4 heterocycles. The number of imidazole rings is 1. The van der Waals surface area contributed by atoms with Crippen molar-refractivity contribution in [1.29, 1.82) is 5.26 Å². The lowest BCUT2D eigenvalue weighted by Gasteiger charge is -2.36. The average molecular weight is 645 g/mol. The van der Waals surface area contributed by atoms with Crippen LogP contribution < -0.4 is 15.4 Å². The summed E-state index contributed by atoms with van der Waals surface area (Å²) in [4.78, 5) is 38.6. The van der Waals surface area contributed by atoms with E-state index in [4.69, 9.17) is 10.00 Å². The smallest absolute Gasteiger partial charge is 0.254 e. The van der Waals surface area contributed by atoms with Crippen LogP contribution in [-0.2, 0) is 4.79 Å². The molecule has 0 radical (unpaired) electrons. The number of halogens is 2. The van der Waals surface area contributed by atoms with Gasteiger partial charge in [-0.05, 0) is 56.7 Å². The number of anilines is 2. The van der Waals surface area contributed by atoms with Crippen LogP contribution in [0.4, 0.5) is 20.3 Å². The number of benzene rings is 2. The van der Waals surface area contributed by atoms with Gasteiger partial charge in [0, 0.05) is 68.4 Å². The van der Waals surface area contributed by atoms with Gasteiger partial charge in [-0.25, -0.2) is 14.4 Å². The molecular weight excluding hydrogens is 610 g/mol. The van der Waals surface area contributed by atoms with E-state index in [0.29, 0.717) is 61.9 Å². The first kappa shape index (κ1) is 31.8. The zero-order valence-corrected chi connectivity index (χ0v) is 26.1. The number of fused-ring (bicyclic) bond motifs is 1. The van der Waals surface area contributed by atoms with Gasteiger partial charge >= 0.3 is 0 Å². The number of aliphatic hydroxyl groups is 1. The molecule has 6 rings (SSSR count). The fourth-order valence-electron chi connectivity index (χ4n) is 5.98. The van der Waals surface area contributed by atoms with Crippen molar-refractivity contribution in [1.82, 2.24) is 29.5 Å². The second-order valence-electron chi connectivity index (χ2n) is 12.1. The molecule has 4 aromatic rings. The molecule has 2 saturated heterocycles. The zero-order chi connectivity index (χ0) is 33.5. The Morgan fingerprint density at radius 3 is 2.57 bits per heavy atom. The van der Waals surface area contributed by atoms with Crippen LogP contribution in [0.5, 0.6) is 5.75 Å². The molecule has 3 atom stereocenters. The summed E-state index contributed by atoms with van der Waals surface area (Å²) >= 11 is 0. The molecule has 2 aliphatic rings. The first-order valence-electron chi connectivity index (χ1n) is 15.2. The molecule has 0 aliphatic carbocycles. The Balaban J connectivity index is 1.14. The molecule has 2 aromatic carbocycles. The second-order valence-corrected chi connectivity index (χ2v) is 12.1. The number of carbonyl (C=O) groups is 2. The highest BCUT2D eigenvalue weighted by Crippen LogP contribution is 2.32. The summed E-state index contributed by atoms with van der Waals surface area (Å²) in [5, 5.41) is 25.4. The fourth-order valence-corrected chi connectivity index (χ4v) is 5.98. The topological polar surface area (TPSA) is 148 Å². The Hall–Kier alpha value is -5.13. The lowest BCUT2D eigenvalue weighted by molar-refractivity contribution is -0.134. The summed E-state index contributed by atoms with van der Waals surface area (Å²) in [6.45, 7) is 6.99. The van der Waals surface area contributed by atoms with Crippen molar-refractivity contribution >= 4 is 29.0 Å². The summed E-state index contributed by atoms with van der Waals surface area (Å²) in [6, 6.07) is 9.33. The Bertz CT molecular complexity index is 1900. The molecular formula is C33H34F2N8O4.